The molecule has 0 unspecified atom stereocenters. The Labute approximate surface area is 172 Å². The molecule has 156 valence electrons. The molecule has 0 saturated carbocycles. The van der Waals surface area contributed by atoms with Crippen molar-refractivity contribution in [2.24, 2.45) is 5.92 Å². The molecule has 29 heavy (non-hydrogen) atoms. The molecule has 2 aromatic carbocycles. The van der Waals surface area contributed by atoms with Gasteiger partial charge in [0.15, 0.2) is 0 Å². The van der Waals surface area contributed by atoms with E-state index in [0.717, 1.165) is 16.7 Å². The van der Waals surface area contributed by atoms with Crippen molar-refractivity contribution in [3.63, 3.8) is 0 Å². The lowest BCUT2D eigenvalue weighted by Crippen LogP contribution is -2.43. The van der Waals surface area contributed by atoms with Crippen molar-refractivity contribution in [1.82, 2.24) is 9.62 Å². The number of nitrogens with zero attached hydrogens (tertiary/aromatic N) is 1. The maximum absolute atomic E-state index is 12.9. The Morgan fingerprint density at radius 3 is 2.24 bits per heavy atom. The van der Waals surface area contributed by atoms with Gasteiger partial charge in [0.05, 0.1) is 5.75 Å². The summed E-state index contributed by atoms with van der Waals surface area (Å²) < 4.78 is 39.7. The van der Waals surface area contributed by atoms with Gasteiger partial charge in [0.25, 0.3) is 0 Å². The van der Waals surface area contributed by atoms with Crippen LogP contribution in [0.2, 0.25) is 0 Å². The van der Waals surface area contributed by atoms with Gasteiger partial charge in [0.1, 0.15) is 5.82 Å². The van der Waals surface area contributed by atoms with Crippen molar-refractivity contribution in [3.8, 4) is 0 Å². The van der Waals surface area contributed by atoms with Gasteiger partial charge in [0, 0.05) is 25.6 Å². The fourth-order valence-corrected chi connectivity index (χ4v) is 5.07. The fraction of sp³-hybridized carbons (Fsp3) is 0.409. The Morgan fingerprint density at radius 1 is 1.03 bits per heavy atom. The normalized spacial score (nSPS) is 15.9. The van der Waals surface area contributed by atoms with E-state index in [0.29, 0.717) is 38.9 Å². The smallest absolute Gasteiger partial charge is 0.223 e. The summed E-state index contributed by atoms with van der Waals surface area (Å²) in [5, 5.41) is 2.91. The van der Waals surface area contributed by atoms with Gasteiger partial charge in [-0.3, -0.25) is 4.79 Å². The summed E-state index contributed by atoms with van der Waals surface area (Å²) in [4.78, 5) is 12.4. The zero-order valence-electron chi connectivity index (χ0n) is 16.6. The predicted octanol–water partition coefficient (Wildman–Crippen LogP) is 3.03. The van der Waals surface area contributed by atoms with Crippen LogP contribution in [0.3, 0.4) is 0 Å². The summed E-state index contributed by atoms with van der Waals surface area (Å²) in [6, 6.07) is 13.7. The van der Waals surface area contributed by atoms with E-state index in [4.69, 9.17) is 0 Å². The second-order valence-corrected chi connectivity index (χ2v) is 9.55. The third kappa shape index (κ3) is 6.11. The molecule has 1 amide bonds. The molecule has 1 N–H and O–H groups in total. The number of carbonyl (C=O) groups is 1. The zero-order chi connectivity index (χ0) is 20.9. The molecule has 3 rings (SSSR count). The number of aryl methyl sites for hydroxylation is 1. The number of benzene rings is 2. The minimum atomic E-state index is -3.38. The van der Waals surface area contributed by atoms with Crippen LogP contribution < -0.4 is 5.32 Å². The molecular weight excluding hydrogens is 391 g/mol. The van der Waals surface area contributed by atoms with E-state index in [-0.39, 0.29) is 23.4 Å². The minimum Gasteiger partial charge on any atom is -0.356 e. The molecule has 1 aliphatic rings. The fourth-order valence-electron chi connectivity index (χ4n) is 3.51. The van der Waals surface area contributed by atoms with Crippen LogP contribution in [-0.2, 0) is 27.0 Å². The topological polar surface area (TPSA) is 66.5 Å². The Kier molecular flexibility index (Phi) is 7.03. The average molecular weight is 419 g/mol. The number of amides is 1. The van der Waals surface area contributed by atoms with E-state index in [2.05, 4.69) is 5.32 Å². The second-order valence-electron chi connectivity index (χ2n) is 7.58. The maximum atomic E-state index is 12.9. The summed E-state index contributed by atoms with van der Waals surface area (Å²) in [6.07, 6.45) is 1.68. The number of sulfonamides is 1. The molecule has 1 fully saturated rings. The van der Waals surface area contributed by atoms with Crippen LogP contribution in [0.25, 0.3) is 0 Å². The summed E-state index contributed by atoms with van der Waals surface area (Å²) in [6.45, 7) is 3.18. The van der Waals surface area contributed by atoms with Crippen LogP contribution in [0.1, 0.15) is 29.5 Å². The molecule has 0 aliphatic carbocycles. The standard InChI is InChI=1S/C22H27FN2O3S/c1-17-2-4-19(5-3-17)16-29(27,28)25-14-11-20(12-15-25)22(26)24-13-10-18-6-8-21(23)9-7-18/h2-9,20H,10-16H2,1H3,(H,24,26). The van der Waals surface area contributed by atoms with Gasteiger partial charge < -0.3 is 5.32 Å². The molecule has 0 bridgehead atoms. The van der Waals surface area contributed by atoms with Crippen molar-refractivity contribution in [2.75, 3.05) is 19.6 Å². The van der Waals surface area contributed by atoms with E-state index in [1.807, 2.05) is 31.2 Å². The predicted molar refractivity (Wildman–Crippen MR) is 111 cm³/mol. The molecule has 1 aliphatic heterocycles. The third-order valence-electron chi connectivity index (χ3n) is 5.31. The summed E-state index contributed by atoms with van der Waals surface area (Å²) in [7, 11) is -3.38. The molecular formula is C22H27FN2O3S. The van der Waals surface area contributed by atoms with Crippen LogP contribution in [0.15, 0.2) is 48.5 Å². The molecule has 5 nitrogen and oxygen atoms in total. The number of nitrogens with one attached hydrogen (secondary N) is 1. The highest BCUT2D eigenvalue weighted by atomic mass is 32.2. The van der Waals surface area contributed by atoms with Crippen molar-refractivity contribution >= 4 is 15.9 Å². The lowest BCUT2D eigenvalue weighted by atomic mass is 9.97. The number of carbonyl (C=O) groups excluding carboxylic acids is 1. The Hall–Kier alpha value is -2.25. The molecule has 2 aromatic rings. The highest BCUT2D eigenvalue weighted by Crippen LogP contribution is 2.22. The Morgan fingerprint density at radius 2 is 1.62 bits per heavy atom. The Bertz CT molecular complexity index is 920. The first-order valence-electron chi connectivity index (χ1n) is 9.89. The second kappa shape index (κ2) is 9.50. The van der Waals surface area contributed by atoms with Crippen molar-refractivity contribution < 1.29 is 17.6 Å². The first-order chi connectivity index (χ1) is 13.8. The minimum absolute atomic E-state index is 0.0121. The van der Waals surface area contributed by atoms with E-state index in [1.54, 1.807) is 12.1 Å². The zero-order valence-corrected chi connectivity index (χ0v) is 17.4. The largest absolute Gasteiger partial charge is 0.356 e. The molecule has 1 heterocycles. The van der Waals surface area contributed by atoms with E-state index in [1.165, 1.54) is 16.4 Å². The van der Waals surface area contributed by atoms with Gasteiger partial charge in [-0.2, -0.15) is 0 Å². The van der Waals surface area contributed by atoms with Crippen molar-refractivity contribution in [1.29, 1.82) is 0 Å². The van der Waals surface area contributed by atoms with Crippen LogP contribution in [0.5, 0.6) is 0 Å². The van der Waals surface area contributed by atoms with Crippen molar-refractivity contribution in [2.45, 2.75) is 31.9 Å². The van der Waals surface area contributed by atoms with Gasteiger partial charge in [-0.05, 0) is 49.4 Å². The highest BCUT2D eigenvalue weighted by Gasteiger charge is 2.31. The third-order valence-corrected chi connectivity index (χ3v) is 7.16. The SMILES string of the molecule is Cc1ccc(CS(=O)(=O)N2CCC(C(=O)NCCc3ccc(F)cc3)CC2)cc1. The monoisotopic (exact) mass is 418 g/mol. The van der Waals surface area contributed by atoms with Crippen molar-refractivity contribution in [3.05, 3.63) is 71.0 Å². The molecule has 0 radical (unpaired) electrons. The van der Waals surface area contributed by atoms with Crippen LogP contribution >= 0.6 is 0 Å². The van der Waals surface area contributed by atoms with Gasteiger partial charge in [0.2, 0.25) is 15.9 Å². The number of halogens is 1. The number of piperidine rings is 1. The number of hydrogen-bond donors (Lipinski definition) is 1. The summed E-state index contributed by atoms with van der Waals surface area (Å²) in [5.74, 6) is -0.499. The number of rotatable bonds is 7. The highest BCUT2D eigenvalue weighted by molar-refractivity contribution is 7.88. The van der Waals surface area contributed by atoms with E-state index >= 15 is 0 Å². The lowest BCUT2D eigenvalue weighted by Gasteiger charge is -2.30. The lowest BCUT2D eigenvalue weighted by molar-refractivity contribution is -0.126. The number of hydrogen-bond acceptors (Lipinski definition) is 3. The van der Waals surface area contributed by atoms with Crippen LogP contribution in [0, 0.1) is 18.7 Å². The maximum Gasteiger partial charge on any atom is 0.223 e. The molecule has 0 atom stereocenters. The van der Waals surface area contributed by atoms with Crippen LogP contribution in [0.4, 0.5) is 4.39 Å². The first-order valence-corrected chi connectivity index (χ1v) is 11.5. The average Bonchev–Trinajstić information content (AvgIpc) is 2.71. The van der Waals surface area contributed by atoms with Gasteiger partial charge >= 0.3 is 0 Å². The summed E-state index contributed by atoms with van der Waals surface area (Å²) in [5.41, 5.74) is 2.83. The molecule has 7 heteroatoms. The Balaban J connectivity index is 1.44. The van der Waals surface area contributed by atoms with Gasteiger partial charge in [-0.15, -0.1) is 0 Å². The van der Waals surface area contributed by atoms with Crippen LogP contribution in [-0.4, -0.2) is 38.3 Å². The molecule has 0 aromatic heterocycles. The molecule has 1 saturated heterocycles. The van der Waals surface area contributed by atoms with Gasteiger partial charge in [-0.25, -0.2) is 17.1 Å². The molecule has 0 spiro atoms. The first kappa shape index (κ1) is 21.5. The summed E-state index contributed by atoms with van der Waals surface area (Å²) >= 11 is 0. The van der Waals surface area contributed by atoms with E-state index < -0.39 is 10.0 Å². The van der Waals surface area contributed by atoms with E-state index in [9.17, 15) is 17.6 Å². The van der Waals surface area contributed by atoms with Gasteiger partial charge in [-0.1, -0.05) is 42.0 Å². The quantitative estimate of drug-likeness (QED) is 0.752.